The minimum absolute atomic E-state index is 0.0171. The first-order valence-corrected chi connectivity index (χ1v) is 5.85. The summed E-state index contributed by atoms with van der Waals surface area (Å²) in [6.45, 7) is 0.342. The summed E-state index contributed by atoms with van der Waals surface area (Å²) in [5.74, 6) is -0.994. The maximum atomic E-state index is 13.1. The lowest BCUT2D eigenvalue weighted by molar-refractivity contribution is 0.623. The molecule has 0 spiro atoms. The van der Waals surface area contributed by atoms with E-state index < -0.39 is 11.6 Å². The summed E-state index contributed by atoms with van der Waals surface area (Å²) >= 11 is 5.73. The van der Waals surface area contributed by atoms with Crippen molar-refractivity contribution in [2.24, 2.45) is 0 Å². The Balaban J connectivity index is 2.12. The second-order valence-corrected chi connectivity index (χ2v) is 4.37. The normalized spacial score (nSPS) is 10.0. The zero-order valence-electron chi connectivity index (χ0n) is 9.75. The fourth-order valence-corrected chi connectivity index (χ4v) is 1.85. The number of hydrogen-bond donors (Lipinski definition) is 1. The van der Waals surface area contributed by atoms with Gasteiger partial charge in [0.05, 0.1) is 5.56 Å². The molecule has 0 radical (unpaired) electrons. The summed E-state index contributed by atoms with van der Waals surface area (Å²) in [5, 5.41) is 12.0. The molecule has 0 aliphatic rings. The van der Waals surface area contributed by atoms with Gasteiger partial charge in [-0.25, -0.2) is 8.78 Å². The van der Waals surface area contributed by atoms with Crippen molar-refractivity contribution in [3.63, 3.8) is 0 Å². The fraction of sp³-hybridized carbons (Fsp3) is 0.0714. The Hall–Kier alpha value is -2.12. The molecule has 0 saturated carbocycles. The van der Waals surface area contributed by atoms with Crippen molar-refractivity contribution in [1.82, 2.24) is 0 Å². The fourth-order valence-electron chi connectivity index (χ4n) is 1.63. The van der Waals surface area contributed by atoms with Gasteiger partial charge in [0.1, 0.15) is 17.7 Å². The van der Waals surface area contributed by atoms with Crippen molar-refractivity contribution in [2.75, 3.05) is 5.32 Å². The predicted octanol–water partition coefficient (Wildman–Crippen LogP) is 4.10. The van der Waals surface area contributed by atoms with Crippen molar-refractivity contribution in [3.8, 4) is 6.07 Å². The van der Waals surface area contributed by atoms with Crippen LogP contribution in [0.1, 0.15) is 11.1 Å². The average molecular weight is 279 g/mol. The van der Waals surface area contributed by atoms with Crippen LogP contribution in [0.5, 0.6) is 0 Å². The van der Waals surface area contributed by atoms with E-state index in [1.54, 1.807) is 18.2 Å². The second kappa shape index (κ2) is 5.68. The minimum atomic E-state index is -0.556. The number of hydrogen-bond acceptors (Lipinski definition) is 2. The van der Waals surface area contributed by atoms with Crippen LogP contribution in [0.2, 0.25) is 5.02 Å². The van der Waals surface area contributed by atoms with Crippen LogP contribution >= 0.6 is 11.6 Å². The second-order valence-electron chi connectivity index (χ2n) is 3.94. The summed E-state index contributed by atoms with van der Waals surface area (Å²) in [6, 6.07) is 10.1. The van der Waals surface area contributed by atoms with Crippen LogP contribution in [-0.4, -0.2) is 0 Å². The molecule has 0 aromatic heterocycles. The summed E-state index contributed by atoms with van der Waals surface area (Å²) in [5.41, 5.74) is 1.22. The topological polar surface area (TPSA) is 35.8 Å². The van der Waals surface area contributed by atoms with Crippen molar-refractivity contribution in [1.29, 1.82) is 5.26 Å². The first-order valence-electron chi connectivity index (χ1n) is 5.47. The van der Waals surface area contributed by atoms with Crippen LogP contribution in [0.4, 0.5) is 14.5 Å². The lowest BCUT2D eigenvalue weighted by Crippen LogP contribution is -2.00. The molecule has 1 N–H and O–H groups in total. The quantitative estimate of drug-likeness (QED) is 0.917. The Kier molecular flexibility index (Phi) is 3.98. The van der Waals surface area contributed by atoms with Gasteiger partial charge in [0.15, 0.2) is 0 Å². The van der Waals surface area contributed by atoms with Gasteiger partial charge in [-0.15, -0.1) is 0 Å². The van der Waals surface area contributed by atoms with Gasteiger partial charge in [0, 0.05) is 17.3 Å². The number of nitriles is 1. The Labute approximate surface area is 114 Å². The third-order valence-electron chi connectivity index (χ3n) is 2.51. The Morgan fingerprint density at radius 2 is 1.95 bits per heavy atom. The van der Waals surface area contributed by atoms with E-state index in [9.17, 15) is 8.78 Å². The molecule has 0 heterocycles. The number of benzene rings is 2. The highest BCUT2D eigenvalue weighted by Gasteiger charge is 2.03. The van der Waals surface area contributed by atoms with E-state index in [2.05, 4.69) is 5.32 Å². The van der Waals surface area contributed by atoms with Crippen LogP contribution < -0.4 is 5.32 Å². The van der Waals surface area contributed by atoms with Gasteiger partial charge in [0.25, 0.3) is 0 Å². The van der Waals surface area contributed by atoms with Crippen LogP contribution in [0.25, 0.3) is 0 Å². The highest BCUT2D eigenvalue weighted by atomic mass is 35.5. The molecule has 19 heavy (non-hydrogen) atoms. The first-order chi connectivity index (χ1) is 9.08. The van der Waals surface area contributed by atoms with E-state index in [0.717, 1.165) is 5.56 Å². The molecule has 0 atom stereocenters. The molecule has 0 aliphatic carbocycles. The average Bonchev–Trinajstić information content (AvgIpc) is 2.36. The van der Waals surface area contributed by atoms with E-state index in [0.29, 0.717) is 17.3 Å². The van der Waals surface area contributed by atoms with Crippen molar-refractivity contribution < 1.29 is 8.78 Å². The molecule has 0 unspecified atom stereocenters. The Morgan fingerprint density at radius 3 is 2.63 bits per heavy atom. The number of halogens is 3. The molecule has 96 valence electrons. The zero-order valence-corrected chi connectivity index (χ0v) is 10.5. The highest BCUT2D eigenvalue weighted by molar-refractivity contribution is 6.30. The lowest BCUT2D eigenvalue weighted by atomic mass is 10.1. The molecule has 2 aromatic rings. The molecule has 0 bridgehead atoms. The predicted molar refractivity (Wildman–Crippen MR) is 69.9 cm³/mol. The standard InChI is InChI=1S/C14H9ClF2N2/c15-11-4-12(16)6-13(5-11)19-8-9-1-2-14(17)10(3-9)7-18/h1-6,19H,8H2. The van der Waals surface area contributed by atoms with Crippen molar-refractivity contribution in [2.45, 2.75) is 6.54 Å². The molecule has 2 rings (SSSR count). The minimum Gasteiger partial charge on any atom is -0.381 e. The molecule has 0 amide bonds. The molecule has 2 aromatic carbocycles. The van der Waals surface area contributed by atoms with Crippen molar-refractivity contribution in [3.05, 3.63) is 64.2 Å². The maximum absolute atomic E-state index is 13.1. The molecule has 5 heteroatoms. The molecule has 0 aliphatic heterocycles. The third-order valence-corrected chi connectivity index (χ3v) is 2.73. The first kappa shape index (κ1) is 13.3. The smallest absolute Gasteiger partial charge is 0.140 e. The van der Waals surface area contributed by atoms with E-state index in [-0.39, 0.29) is 5.56 Å². The van der Waals surface area contributed by atoms with Crippen LogP contribution in [-0.2, 0) is 6.54 Å². The highest BCUT2D eigenvalue weighted by Crippen LogP contribution is 2.19. The third kappa shape index (κ3) is 3.43. The van der Waals surface area contributed by atoms with Gasteiger partial charge in [-0.1, -0.05) is 17.7 Å². The Bertz CT molecular complexity index is 630. The van der Waals surface area contributed by atoms with Gasteiger partial charge in [-0.2, -0.15) is 5.26 Å². The molecule has 2 nitrogen and oxygen atoms in total. The summed E-state index contributed by atoms with van der Waals surface area (Å²) in [4.78, 5) is 0. The summed E-state index contributed by atoms with van der Waals surface area (Å²) < 4.78 is 26.2. The molecule has 0 saturated heterocycles. The van der Waals surface area contributed by atoms with Gasteiger partial charge >= 0.3 is 0 Å². The number of rotatable bonds is 3. The maximum Gasteiger partial charge on any atom is 0.140 e. The monoisotopic (exact) mass is 278 g/mol. The molecular weight excluding hydrogens is 270 g/mol. The summed E-state index contributed by atoms with van der Waals surface area (Å²) in [6.07, 6.45) is 0. The van der Waals surface area contributed by atoms with E-state index in [1.807, 2.05) is 0 Å². The van der Waals surface area contributed by atoms with Gasteiger partial charge in [-0.05, 0) is 35.9 Å². The van der Waals surface area contributed by atoms with Gasteiger partial charge in [0.2, 0.25) is 0 Å². The largest absolute Gasteiger partial charge is 0.381 e. The van der Waals surface area contributed by atoms with E-state index in [4.69, 9.17) is 16.9 Å². The van der Waals surface area contributed by atoms with E-state index >= 15 is 0 Å². The van der Waals surface area contributed by atoms with Crippen LogP contribution in [0.3, 0.4) is 0 Å². The van der Waals surface area contributed by atoms with Crippen LogP contribution in [0, 0.1) is 23.0 Å². The van der Waals surface area contributed by atoms with Crippen LogP contribution in [0.15, 0.2) is 36.4 Å². The number of nitrogens with zero attached hydrogens (tertiary/aromatic N) is 1. The van der Waals surface area contributed by atoms with E-state index in [1.165, 1.54) is 24.3 Å². The number of nitrogens with one attached hydrogen (secondary N) is 1. The lowest BCUT2D eigenvalue weighted by Gasteiger charge is -2.07. The molecule has 0 fully saturated rings. The molecular formula is C14H9ClF2N2. The number of anilines is 1. The van der Waals surface area contributed by atoms with Crippen molar-refractivity contribution >= 4 is 17.3 Å². The van der Waals surface area contributed by atoms with Gasteiger partial charge in [-0.3, -0.25) is 0 Å². The Morgan fingerprint density at radius 1 is 1.16 bits per heavy atom. The zero-order chi connectivity index (χ0) is 13.8. The van der Waals surface area contributed by atoms with Gasteiger partial charge < -0.3 is 5.32 Å². The summed E-state index contributed by atoms with van der Waals surface area (Å²) in [7, 11) is 0. The SMILES string of the molecule is N#Cc1cc(CNc2cc(F)cc(Cl)c2)ccc1F.